The minimum absolute atomic E-state index is 0.0937. The highest BCUT2D eigenvalue weighted by atomic mass is 16.6. The first-order valence-electron chi connectivity index (χ1n) is 7.78. The summed E-state index contributed by atoms with van der Waals surface area (Å²) in [6.07, 6.45) is 8.86. The van der Waals surface area contributed by atoms with E-state index in [2.05, 4.69) is 10.5 Å². The van der Waals surface area contributed by atoms with Gasteiger partial charge in [-0.3, -0.25) is 15.5 Å². The summed E-state index contributed by atoms with van der Waals surface area (Å²) in [7, 11) is 0. The van der Waals surface area contributed by atoms with Gasteiger partial charge in [-0.1, -0.05) is 25.3 Å². The monoisotopic (exact) mass is 287 g/mol. The van der Waals surface area contributed by atoms with Gasteiger partial charge in [0.1, 0.15) is 0 Å². The van der Waals surface area contributed by atoms with E-state index in [-0.39, 0.29) is 10.6 Å². The Morgan fingerprint density at radius 2 is 2.00 bits per heavy atom. The van der Waals surface area contributed by atoms with Gasteiger partial charge in [0.2, 0.25) is 0 Å². The molecule has 2 fully saturated rings. The number of benzene rings is 1. The molecule has 2 atom stereocenters. The summed E-state index contributed by atoms with van der Waals surface area (Å²) in [5.41, 5.74) is 4.98. The maximum Gasteiger partial charge on any atom is 0.271 e. The van der Waals surface area contributed by atoms with Gasteiger partial charge in [0, 0.05) is 17.8 Å². The van der Waals surface area contributed by atoms with E-state index >= 15 is 0 Å². The maximum atomic E-state index is 10.8. The molecule has 2 saturated carbocycles. The molecule has 0 saturated heterocycles. The van der Waals surface area contributed by atoms with Crippen molar-refractivity contribution in [2.75, 3.05) is 5.43 Å². The Kier molecular flexibility index (Phi) is 4.18. The number of rotatable bonds is 3. The highest BCUT2D eigenvalue weighted by molar-refractivity contribution is 5.86. The summed E-state index contributed by atoms with van der Waals surface area (Å²) < 4.78 is 0. The summed E-state index contributed by atoms with van der Waals surface area (Å²) in [5.74, 6) is 1.70. The van der Waals surface area contributed by atoms with Crippen LogP contribution in [-0.2, 0) is 0 Å². The molecule has 0 aliphatic heterocycles. The first-order chi connectivity index (χ1) is 10.2. The van der Waals surface area contributed by atoms with Gasteiger partial charge in [-0.25, -0.2) is 0 Å². The van der Waals surface area contributed by atoms with E-state index in [1.165, 1.54) is 49.9 Å². The number of non-ortho nitro benzene ring substituents is 1. The number of hydrogen-bond donors (Lipinski definition) is 1. The van der Waals surface area contributed by atoms with Gasteiger partial charge in [-0.05, 0) is 43.6 Å². The maximum absolute atomic E-state index is 10.8. The van der Waals surface area contributed by atoms with Crippen molar-refractivity contribution in [3.63, 3.8) is 0 Å². The predicted octanol–water partition coefficient (Wildman–Crippen LogP) is 4.35. The Labute approximate surface area is 124 Å². The molecule has 1 aromatic rings. The second-order valence-electron chi connectivity index (χ2n) is 6.14. The number of hydrogen-bond acceptors (Lipinski definition) is 4. The molecule has 5 heteroatoms. The SMILES string of the molecule is O=[N+]([O-])c1cccc(N/N=C2\CC[C@@H]3CCCC[C@H]3C2)c1. The molecular weight excluding hydrogens is 266 g/mol. The van der Waals surface area contributed by atoms with Crippen molar-refractivity contribution in [1.29, 1.82) is 0 Å². The van der Waals surface area contributed by atoms with Gasteiger partial charge >= 0.3 is 0 Å². The lowest BCUT2D eigenvalue weighted by Crippen LogP contribution is -2.28. The van der Waals surface area contributed by atoms with Crippen molar-refractivity contribution in [3.8, 4) is 0 Å². The van der Waals surface area contributed by atoms with Crippen LogP contribution in [0.5, 0.6) is 0 Å². The molecular formula is C16H21N3O2. The zero-order valence-electron chi connectivity index (χ0n) is 12.1. The van der Waals surface area contributed by atoms with Gasteiger partial charge < -0.3 is 0 Å². The number of fused-ring (bicyclic) bond motifs is 1. The second-order valence-corrected chi connectivity index (χ2v) is 6.14. The van der Waals surface area contributed by atoms with Crippen LogP contribution in [0.1, 0.15) is 44.9 Å². The molecule has 1 N–H and O–H groups in total. The van der Waals surface area contributed by atoms with E-state index in [0.29, 0.717) is 5.69 Å². The van der Waals surface area contributed by atoms with Crippen LogP contribution in [0.25, 0.3) is 0 Å². The van der Waals surface area contributed by atoms with Gasteiger partial charge in [-0.15, -0.1) is 0 Å². The molecule has 112 valence electrons. The summed E-state index contributed by atoms with van der Waals surface area (Å²) in [4.78, 5) is 10.4. The Bertz CT molecular complexity index is 556. The van der Waals surface area contributed by atoms with E-state index in [0.717, 1.165) is 24.7 Å². The van der Waals surface area contributed by atoms with Crippen LogP contribution < -0.4 is 5.43 Å². The number of nitrogens with one attached hydrogen (secondary N) is 1. The normalized spacial score (nSPS) is 27.1. The summed E-state index contributed by atoms with van der Waals surface area (Å²) >= 11 is 0. The number of nitro benzene ring substituents is 1. The van der Waals surface area contributed by atoms with Crippen molar-refractivity contribution in [1.82, 2.24) is 0 Å². The third-order valence-electron chi connectivity index (χ3n) is 4.77. The topological polar surface area (TPSA) is 67.5 Å². The zero-order chi connectivity index (χ0) is 14.7. The second kappa shape index (κ2) is 6.24. The molecule has 0 aromatic heterocycles. The first kappa shape index (κ1) is 14.0. The number of nitrogens with zero attached hydrogens (tertiary/aromatic N) is 2. The molecule has 3 rings (SSSR count). The average Bonchev–Trinajstić information content (AvgIpc) is 2.53. The minimum Gasteiger partial charge on any atom is -0.278 e. The standard InChI is InChI=1S/C16H21N3O2/c20-19(21)16-7-3-6-14(11-16)17-18-15-9-8-12-4-1-2-5-13(12)10-15/h3,6-7,11-13,17H,1-2,4-5,8-10H2/b18-15+/t12-,13-/m0/s1. The molecule has 0 unspecified atom stereocenters. The molecule has 21 heavy (non-hydrogen) atoms. The molecule has 0 bridgehead atoms. The largest absolute Gasteiger partial charge is 0.278 e. The van der Waals surface area contributed by atoms with Crippen molar-refractivity contribution < 1.29 is 4.92 Å². The van der Waals surface area contributed by atoms with Crippen LogP contribution in [0.4, 0.5) is 11.4 Å². The van der Waals surface area contributed by atoms with Crippen LogP contribution in [-0.4, -0.2) is 10.6 Å². The molecule has 0 heterocycles. The fraction of sp³-hybridized carbons (Fsp3) is 0.562. The third-order valence-corrected chi connectivity index (χ3v) is 4.77. The minimum atomic E-state index is -0.383. The Morgan fingerprint density at radius 3 is 2.81 bits per heavy atom. The fourth-order valence-corrected chi connectivity index (χ4v) is 3.62. The molecule has 0 radical (unpaired) electrons. The van der Waals surface area contributed by atoms with Crippen LogP contribution in [0.15, 0.2) is 29.4 Å². The van der Waals surface area contributed by atoms with E-state index in [9.17, 15) is 10.1 Å². The van der Waals surface area contributed by atoms with Crippen molar-refractivity contribution >= 4 is 17.1 Å². The van der Waals surface area contributed by atoms with Crippen molar-refractivity contribution in [2.24, 2.45) is 16.9 Å². The number of hydrazone groups is 1. The Hall–Kier alpha value is -1.91. The smallest absolute Gasteiger partial charge is 0.271 e. The third kappa shape index (κ3) is 3.40. The van der Waals surface area contributed by atoms with Crippen LogP contribution >= 0.6 is 0 Å². The predicted molar refractivity (Wildman–Crippen MR) is 83.5 cm³/mol. The summed E-state index contributed by atoms with van der Waals surface area (Å²) in [5, 5.41) is 15.2. The number of anilines is 1. The van der Waals surface area contributed by atoms with E-state index in [1.807, 2.05) is 6.07 Å². The van der Waals surface area contributed by atoms with Crippen LogP contribution in [0.2, 0.25) is 0 Å². The molecule has 5 nitrogen and oxygen atoms in total. The molecule has 2 aliphatic rings. The Balaban J connectivity index is 1.63. The highest BCUT2D eigenvalue weighted by Crippen LogP contribution is 2.39. The van der Waals surface area contributed by atoms with Gasteiger partial charge in [0.25, 0.3) is 5.69 Å². The average molecular weight is 287 g/mol. The van der Waals surface area contributed by atoms with Crippen molar-refractivity contribution in [3.05, 3.63) is 34.4 Å². The summed E-state index contributed by atoms with van der Waals surface area (Å²) in [6.45, 7) is 0. The van der Waals surface area contributed by atoms with Crippen LogP contribution in [0, 0.1) is 22.0 Å². The zero-order valence-corrected chi connectivity index (χ0v) is 12.1. The van der Waals surface area contributed by atoms with Gasteiger partial charge in [0.15, 0.2) is 0 Å². The molecule has 1 aromatic carbocycles. The fourth-order valence-electron chi connectivity index (χ4n) is 3.62. The summed E-state index contributed by atoms with van der Waals surface area (Å²) in [6, 6.07) is 6.50. The van der Waals surface area contributed by atoms with Gasteiger partial charge in [0.05, 0.1) is 10.6 Å². The van der Waals surface area contributed by atoms with E-state index < -0.39 is 0 Å². The lowest BCUT2D eigenvalue weighted by Gasteiger charge is -2.35. The molecule has 0 amide bonds. The molecule has 0 spiro atoms. The van der Waals surface area contributed by atoms with Gasteiger partial charge in [-0.2, -0.15) is 5.10 Å². The van der Waals surface area contributed by atoms with E-state index in [1.54, 1.807) is 6.07 Å². The highest BCUT2D eigenvalue weighted by Gasteiger charge is 2.30. The lowest BCUT2D eigenvalue weighted by molar-refractivity contribution is -0.384. The first-order valence-corrected chi connectivity index (χ1v) is 7.78. The van der Waals surface area contributed by atoms with Crippen molar-refractivity contribution in [2.45, 2.75) is 44.9 Å². The Morgan fingerprint density at radius 1 is 1.19 bits per heavy atom. The van der Waals surface area contributed by atoms with E-state index in [4.69, 9.17) is 0 Å². The lowest BCUT2D eigenvalue weighted by atomic mass is 9.70. The van der Waals surface area contributed by atoms with Crippen LogP contribution in [0.3, 0.4) is 0 Å². The quantitative estimate of drug-likeness (QED) is 0.663. The molecule has 2 aliphatic carbocycles. The number of nitro groups is 1.